The van der Waals surface area contributed by atoms with Gasteiger partial charge in [-0.25, -0.2) is 0 Å². The molecule has 0 aromatic heterocycles. The molecule has 3 heterocycles. The largest absolute Gasteiger partial charge is 0.493 e. The molecule has 2 fully saturated rings. The van der Waals surface area contributed by atoms with E-state index in [-0.39, 0.29) is 24.0 Å². The number of benzene rings is 1. The predicted octanol–water partition coefficient (Wildman–Crippen LogP) is 1.72. The molecule has 3 aliphatic heterocycles. The van der Waals surface area contributed by atoms with Gasteiger partial charge in [-0.3, -0.25) is 9.59 Å². The van der Waals surface area contributed by atoms with Crippen molar-refractivity contribution in [1.82, 2.24) is 9.80 Å². The van der Waals surface area contributed by atoms with E-state index in [4.69, 9.17) is 14.2 Å². The normalized spacial score (nSPS) is 21.0. The van der Waals surface area contributed by atoms with Crippen LogP contribution in [0.2, 0.25) is 0 Å². The molecule has 0 atom stereocenters. The summed E-state index contributed by atoms with van der Waals surface area (Å²) in [7, 11) is 3.29. The SMILES string of the molecule is COc1cc2c(cc1OC)C1(CCN(C(=O)CN3CCCC3=O)CC1)OCC2. The Hall–Kier alpha value is -2.28. The topological polar surface area (TPSA) is 68.3 Å². The fraction of sp³-hybridized carbons (Fsp3) is 0.619. The number of amides is 2. The molecule has 0 radical (unpaired) electrons. The molecule has 152 valence electrons. The van der Waals surface area contributed by atoms with Crippen molar-refractivity contribution in [3.63, 3.8) is 0 Å². The van der Waals surface area contributed by atoms with Crippen molar-refractivity contribution in [3.05, 3.63) is 23.3 Å². The van der Waals surface area contributed by atoms with E-state index in [0.717, 1.165) is 37.0 Å². The van der Waals surface area contributed by atoms with Gasteiger partial charge in [0.05, 0.1) is 33.0 Å². The van der Waals surface area contributed by atoms with Gasteiger partial charge in [-0.1, -0.05) is 0 Å². The molecular weight excluding hydrogens is 360 g/mol. The van der Waals surface area contributed by atoms with Crippen LogP contribution in [0.5, 0.6) is 11.5 Å². The van der Waals surface area contributed by atoms with Gasteiger partial charge in [0.2, 0.25) is 11.8 Å². The zero-order valence-corrected chi connectivity index (χ0v) is 16.7. The minimum Gasteiger partial charge on any atom is -0.493 e. The van der Waals surface area contributed by atoms with Gasteiger partial charge in [-0.15, -0.1) is 0 Å². The van der Waals surface area contributed by atoms with E-state index in [2.05, 4.69) is 6.07 Å². The van der Waals surface area contributed by atoms with Crippen LogP contribution in [0, 0.1) is 0 Å². The van der Waals surface area contributed by atoms with Gasteiger partial charge in [-0.05, 0) is 48.9 Å². The maximum Gasteiger partial charge on any atom is 0.242 e. The number of carbonyl (C=O) groups excluding carboxylic acids is 2. The zero-order valence-electron chi connectivity index (χ0n) is 16.7. The van der Waals surface area contributed by atoms with Crippen molar-refractivity contribution >= 4 is 11.8 Å². The van der Waals surface area contributed by atoms with Gasteiger partial charge in [0, 0.05) is 26.1 Å². The van der Waals surface area contributed by atoms with E-state index < -0.39 is 0 Å². The van der Waals surface area contributed by atoms with Crippen LogP contribution in [0.3, 0.4) is 0 Å². The first kappa shape index (κ1) is 19.1. The smallest absolute Gasteiger partial charge is 0.242 e. The molecule has 0 aliphatic carbocycles. The Balaban J connectivity index is 1.48. The lowest BCUT2D eigenvalue weighted by Gasteiger charge is -2.45. The molecule has 4 rings (SSSR count). The summed E-state index contributed by atoms with van der Waals surface area (Å²) in [5, 5.41) is 0. The fourth-order valence-corrected chi connectivity index (χ4v) is 4.65. The first-order chi connectivity index (χ1) is 13.6. The first-order valence-corrected chi connectivity index (χ1v) is 10.0. The number of nitrogens with zero attached hydrogens (tertiary/aromatic N) is 2. The lowest BCUT2D eigenvalue weighted by atomic mass is 9.79. The Labute approximate surface area is 165 Å². The second-order valence-corrected chi connectivity index (χ2v) is 7.76. The van der Waals surface area contributed by atoms with Crippen LogP contribution in [-0.2, 0) is 26.3 Å². The van der Waals surface area contributed by atoms with E-state index in [1.807, 2.05) is 11.0 Å². The lowest BCUT2D eigenvalue weighted by molar-refractivity contribution is -0.145. The molecule has 28 heavy (non-hydrogen) atoms. The Morgan fingerprint density at radius 2 is 1.82 bits per heavy atom. The number of fused-ring (bicyclic) bond motifs is 2. The number of rotatable bonds is 4. The monoisotopic (exact) mass is 388 g/mol. The Bertz CT molecular complexity index is 770. The Morgan fingerprint density at radius 3 is 2.46 bits per heavy atom. The molecule has 0 unspecified atom stereocenters. The second-order valence-electron chi connectivity index (χ2n) is 7.76. The predicted molar refractivity (Wildman–Crippen MR) is 103 cm³/mol. The van der Waals surface area contributed by atoms with E-state index in [0.29, 0.717) is 38.4 Å². The molecule has 7 heteroatoms. The van der Waals surface area contributed by atoms with E-state index >= 15 is 0 Å². The van der Waals surface area contributed by atoms with Gasteiger partial charge in [0.25, 0.3) is 0 Å². The Kier molecular flexibility index (Phi) is 5.19. The van der Waals surface area contributed by atoms with E-state index in [9.17, 15) is 9.59 Å². The van der Waals surface area contributed by atoms with Crippen LogP contribution in [0.4, 0.5) is 0 Å². The molecular formula is C21H28N2O5. The maximum atomic E-state index is 12.7. The summed E-state index contributed by atoms with van der Waals surface area (Å²) in [5.74, 6) is 1.57. The van der Waals surface area contributed by atoms with Crippen molar-refractivity contribution in [1.29, 1.82) is 0 Å². The van der Waals surface area contributed by atoms with Gasteiger partial charge in [0.1, 0.15) is 0 Å². The molecule has 0 bridgehead atoms. The molecule has 2 amide bonds. The molecule has 3 aliphatic rings. The van der Waals surface area contributed by atoms with Gasteiger partial charge in [-0.2, -0.15) is 0 Å². The second kappa shape index (κ2) is 7.62. The molecule has 0 saturated carbocycles. The zero-order chi connectivity index (χ0) is 19.7. The number of methoxy groups -OCH3 is 2. The minimum atomic E-state index is -0.382. The first-order valence-electron chi connectivity index (χ1n) is 10.0. The van der Waals surface area contributed by atoms with Crippen LogP contribution in [0.15, 0.2) is 12.1 Å². The summed E-state index contributed by atoms with van der Waals surface area (Å²) in [5.41, 5.74) is 2.00. The summed E-state index contributed by atoms with van der Waals surface area (Å²) in [4.78, 5) is 28.0. The lowest BCUT2D eigenvalue weighted by Crippen LogP contribution is -2.50. The van der Waals surface area contributed by atoms with Crippen LogP contribution >= 0.6 is 0 Å². The fourth-order valence-electron chi connectivity index (χ4n) is 4.65. The third-order valence-corrected chi connectivity index (χ3v) is 6.27. The summed E-state index contributed by atoms with van der Waals surface area (Å²) in [6, 6.07) is 4.09. The van der Waals surface area contributed by atoms with Crippen molar-refractivity contribution in [2.24, 2.45) is 0 Å². The quantitative estimate of drug-likeness (QED) is 0.786. The summed E-state index contributed by atoms with van der Waals surface area (Å²) < 4.78 is 17.2. The molecule has 2 saturated heterocycles. The van der Waals surface area contributed by atoms with Crippen LogP contribution < -0.4 is 9.47 Å². The summed E-state index contributed by atoms with van der Waals surface area (Å²) >= 11 is 0. The highest BCUT2D eigenvalue weighted by Gasteiger charge is 2.42. The molecule has 1 spiro atoms. The summed E-state index contributed by atoms with van der Waals surface area (Å²) in [6.45, 7) is 2.83. The minimum absolute atomic E-state index is 0.0356. The number of piperidine rings is 1. The average Bonchev–Trinajstić information content (AvgIpc) is 3.12. The van der Waals surface area contributed by atoms with Crippen LogP contribution in [-0.4, -0.2) is 68.6 Å². The van der Waals surface area contributed by atoms with E-state index in [1.54, 1.807) is 19.1 Å². The number of carbonyl (C=O) groups is 2. The maximum absolute atomic E-state index is 12.7. The van der Waals surface area contributed by atoms with E-state index in [1.165, 1.54) is 5.56 Å². The van der Waals surface area contributed by atoms with Crippen LogP contribution in [0.25, 0.3) is 0 Å². The molecule has 1 aromatic rings. The number of ether oxygens (including phenoxy) is 3. The highest BCUT2D eigenvalue weighted by atomic mass is 16.5. The Morgan fingerprint density at radius 1 is 1.11 bits per heavy atom. The molecule has 0 N–H and O–H groups in total. The van der Waals surface area contributed by atoms with Crippen LogP contribution in [0.1, 0.15) is 36.8 Å². The summed E-state index contributed by atoms with van der Waals surface area (Å²) in [6.07, 6.45) is 3.75. The van der Waals surface area contributed by atoms with Gasteiger partial charge < -0.3 is 24.0 Å². The highest BCUT2D eigenvalue weighted by Crippen LogP contribution is 2.45. The van der Waals surface area contributed by atoms with Crippen molar-refractivity contribution in [2.75, 3.05) is 47.0 Å². The molecule has 7 nitrogen and oxygen atoms in total. The highest BCUT2D eigenvalue weighted by molar-refractivity contribution is 5.86. The number of hydrogen-bond donors (Lipinski definition) is 0. The number of hydrogen-bond acceptors (Lipinski definition) is 5. The third-order valence-electron chi connectivity index (χ3n) is 6.27. The van der Waals surface area contributed by atoms with Gasteiger partial charge in [0.15, 0.2) is 11.5 Å². The van der Waals surface area contributed by atoms with Crippen molar-refractivity contribution in [3.8, 4) is 11.5 Å². The van der Waals surface area contributed by atoms with Crippen molar-refractivity contribution in [2.45, 2.75) is 37.7 Å². The van der Waals surface area contributed by atoms with Crippen molar-refractivity contribution < 1.29 is 23.8 Å². The number of likely N-dealkylation sites (tertiary alicyclic amines) is 2. The standard InChI is InChI=1S/C21H28N2O5/c1-26-17-12-15-5-11-28-21(16(15)13-18(17)27-2)6-9-22(10-7-21)20(25)14-23-8-3-4-19(23)24/h12-13H,3-11,14H2,1-2H3. The third kappa shape index (κ3) is 3.32. The van der Waals surface area contributed by atoms with Gasteiger partial charge >= 0.3 is 0 Å². The molecule has 1 aromatic carbocycles. The average molecular weight is 388 g/mol.